The second kappa shape index (κ2) is 9.52. The van der Waals surface area contributed by atoms with Gasteiger partial charge in [-0.1, -0.05) is 43.7 Å². The molecule has 1 aliphatic heterocycles. The van der Waals surface area contributed by atoms with E-state index >= 15 is 0 Å². The van der Waals surface area contributed by atoms with Crippen LogP contribution in [0.3, 0.4) is 0 Å². The summed E-state index contributed by atoms with van der Waals surface area (Å²) < 4.78 is 2.00. The zero-order valence-electron chi connectivity index (χ0n) is 18.2. The number of carboxylic acid groups (broad SMARTS) is 1. The molecule has 2 N–H and O–H groups in total. The topological polar surface area (TPSA) is 105 Å². The lowest BCUT2D eigenvalue weighted by atomic mass is 10.1. The molecule has 0 aliphatic carbocycles. The number of carboxylic acids is 1. The number of amides is 3. The molecule has 4 rings (SSSR count). The molecule has 0 saturated carbocycles. The summed E-state index contributed by atoms with van der Waals surface area (Å²) in [7, 11) is 0. The normalized spacial score (nSPS) is 14.7. The number of imidazole rings is 1. The third kappa shape index (κ3) is 4.69. The number of anilines is 1. The first kappa shape index (κ1) is 22.0. The van der Waals surface area contributed by atoms with Crippen LogP contribution in [-0.4, -0.2) is 32.6 Å². The Morgan fingerprint density at radius 2 is 1.82 bits per heavy atom. The van der Waals surface area contributed by atoms with E-state index in [0.29, 0.717) is 17.9 Å². The number of aryl methyl sites for hydroxylation is 1. The third-order valence-electron chi connectivity index (χ3n) is 5.46. The number of hydrogen-bond donors (Lipinski definition) is 2. The van der Waals surface area contributed by atoms with Gasteiger partial charge in [-0.2, -0.15) is 0 Å². The molecule has 8 heteroatoms. The average Bonchev–Trinajstić information content (AvgIpc) is 3.32. The molecule has 0 atom stereocenters. The van der Waals surface area contributed by atoms with Crippen molar-refractivity contribution < 1.29 is 19.5 Å². The van der Waals surface area contributed by atoms with Crippen LogP contribution in [-0.2, 0) is 17.8 Å². The summed E-state index contributed by atoms with van der Waals surface area (Å²) in [4.78, 5) is 42.2. The summed E-state index contributed by atoms with van der Waals surface area (Å²) >= 11 is 0. The minimum Gasteiger partial charge on any atom is -0.478 e. The van der Waals surface area contributed by atoms with Gasteiger partial charge in [-0.25, -0.2) is 14.6 Å². The Kier molecular flexibility index (Phi) is 6.35. The van der Waals surface area contributed by atoms with Crippen molar-refractivity contribution in [1.82, 2.24) is 14.9 Å². The van der Waals surface area contributed by atoms with Crippen molar-refractivity contribution in [3.8, 4) is 0 Å². The molecule has 0 radical (unpaired) electrons. The summed E-state index contributed by atoms with van der Waals surface area (Å²) in [6.45, 7) is 2.56. The molecule has 33 heavy (non-hydrogen) atoms. The Balaban J connectivity index is 1.73. The Morgan fingerprint density at radius 3 is 2.48 bits per heavy atom. The molecule has 168 valence electrons. The molecule has 3 aromatic rings. The van der Waals surface area contributed by atoms with Crippen molar-refractivity contribution in [2.45, 2.75) is 32.7 Å². The zero-order chi connectivity index (χ0) is 23.4. The molecule has 0 unspecified atom stereocenters. The van der Waals surface area contributed by atoms with E-state index in [9.17, 15) is 14.4 Å². The van der Waals surface area contributed by atoms with Crippen LogP contribution in [0.2, 0.25) is 0 Å². The van der Waals surface area contributed by atoms with Gasteiger partial charge >= 0.3 is 12.0 Å². The fourth-order valence-electron chi connectivity index (χ4n) is 3.73. The predicted octanol–water partition coefficient (Wildman–Crippen LogP) is 4.07. The van der Waals surface area contributed by atoms with Crippen LogP contribution >= 0.6 is 0 Å². The van der Waals surface area contributed by atoms with Gasteiger partial charge in [0.1, 0.15) is 11.5 Å². The van der Waals surface area contributed by atoms with Gasteiger partial charge < -0.3 is 9.67 Å². The number of nitrogens with one attached hydrogen (secondary N) is 1. The van der Waals surface area contributed by atoms with E-state index in [0.717, 1.165) is 30.7 Å². The van der Waals surface area contributed by atoms with Crippen LogP contribution in [0.4, 0.5) is 10.5 Å². The van der Waals surface area contributed by atoms with E-state index in [1.165, 1.54) is 4.90 Å². The maximum atomic E-state index is 12.6. The average molecular weight is 444 g/mol. The minimum atomic E-state index is -0.976. The van der Waals surface area contributed by atoms with Crippen molar-refractivity contribution in [1.29, 1.82) is 0 Å². The molecular weight excluding hydrogens is 420 g/mol. The van der Waals surface area contributed by atoms with Crippen molar-refractivity contribution in [2.24, 2.45) is 0 Å². The van der Waals surface area contributed by atoms with Crippen LogP contribution in [0.15, 0.2) is 66.5 Å². The number of hydrogen-bond acceptors (Lipinski definition) is 4. The van der Waals surface area contributed by atoms with Crippen molar-refractivity contribution in [3.63, 3.8) is 0 Å². The first-order valence-electron chi connectivity index (χ1n) is 10.8. The lowest BCUT2D eigenvalue weighted by Gasteiger charge is -2.16. The number of aromatic nitrogens is 2. The number of nitrogens with zero attached hydrogens (tertiary/aromatic N) is 3. The number of imide groups is 1. The summed E-state index contributed by atoms with van der Waals surface area (Å²) in [6.07, 6.45) is 6.10. The fourth-order valence-corrected chi connectivity index (χ4v) is 3.73. The Labute approximate surface area is 191 Å². The number of urea groups is 1. The van der Waals surface area contributed by atoms with Crippen molar-refractivity contribution >= 4 is 29.7 Å². The highest BCUT2D eigenvalue weighted by molar-refractivity contribution is 6.23. The fraction of sp³-hybridized carbons (Fsp3) is 0.200. The smallest absolute Gasteiger partial charge is 0.335 e. The van der Waals surface area contributed by atoms with Crippen LogP contribution in [0.5, 0.6) is 0 Å². The van der Waals surface area contributed by atoms with Crippen LogP contribution < -0.4 is 10.2 Å². The molecule has 0 spiro atoms. The van der Waals surface area contributed by atoms with Crippen LogP contribution in [0.1, 0.15) is 47.2 Å². The van der Waals surface area contributed by atoms with E-state index in [4.69, 9.17) is 5.11 Å². The highest BCUT2D eigenvalue weighted by Crippen LogP contribution is 2.26. The van der Waals surface area contributed by atoms with Gasteiger partial charge in [0.15, 0.2) is 0 Å². The molecule has 2 heterocycles. The van der Waals surface area contributed by atoms with Gasteiger partial charge in [0.25, 0.3) is 5.91 Å². The number of aromatic carboxylic acids is 1. The lowest BCUT2D eigenvalue weighted by Crippen LogP contribution is -2.27. The van der Waals surface area contributed by atoms with Crippen molar-refractivity contribution in [2.75, 3.05) is 4.90 Å². The monoisotopic (exact) mass is 444 g/mol. The molecule has 3 amide bonds. The van der Waals surface area contributed by atoms with Crippen LogP contribution in [0.25, 0.3) is 6.08 Å². The molecule has 0 bridgehead atoms. The summed E-state index contributed by atoms with van der Waals surface area (Å²) in [6, 6.07) is 15.1. The summed E-state index contributed by atoms with van der Waals surface area (Å²) in [5.74, 6) is -0.587. The molecular formula is C25H24N4O4. The van der Waals surface area contributed by atoms with Gasteiger partial charge in [-0.05, 0) is 42.3 Å². The zero-order valence-corrected chi connectivity index (χ0v) is 18.2. The Bertz CT molecular complexity index is 1210. The van der Waals surface area contributed by atoms with E-state index in [1.54, 1.807) is 60.8 Å². The highest BCUT2D eigenvalue weighted by atomic mass is 16.4. The van der Waals surface area contributed by atoms with E-state index in [-0.39, 0.29) is 11.3 Å². The first-order valence-corrected chi connectivity index (χ1v) is 10.8. The Hall–Kier alpha value is -4.20. The van der Waals surface area contributed by atoms with E-state index < -0.39 is 17.9 Å². The van der Waals surface area contributed by atoms with Gasteiger partial charge in [0.2, 0.25) is 0 Å². The largest absolute Gasteiger partial charge is 0.478 e. The first-order chi connectivity index (χ1) is 16.0. The number of unbranched alkanes of at least 4 members (excludes halogenated alkanes) is 1. The Morgan fingerprint density at radius 1 is 1.09 bits per heavy atom. The number of para-hydroxylation sites is 1. The lowest BCUT2D eigenvalue weighted by molar-refractivity contribution is -0.115. The predicted molar refractivity (Wildman–Crippen MR) is 124 cm³/mol. The van der Waals surface area contributed by atoms with E-state index in [1.807, 2.05) is 10.6 Å². The third-order valence-corrected chi connectivity index (χ3v) is 5.46. The molecule has 2 aromatic carbocycles. The number of carbonyl (C=O) groups excluding carboxylic acids is 2. The van der Waals surface area contributed by atoms with Crippen LogP contribution in [0, 0.1) is 0 Å². The van der Waals surface area contributed by atoms with Gasteiger partial charge in [-0.15, -0.1) is 0 Å². The minimum absolute atomic E-state index is 0.218. The molecule has 8 nitrogen and oxygen atoms in total. The number of rotatable bonds is 8. The van der Waals surface area contributed by atoms with Gasteiger partial charge in [0, 0.05) is 13.0 Å². The molecule has 1 aromatic heterocycles. The molecule has 1 aliphatic rings. The molecule has 1 fully saturated rings. The van der Waals surface area contributed by atoms with E-state index in [2.05, 4.69) is 17.2 Å². The maximum absolute atomic E-state index is 12.6. The SMILES string of the molecule is CCCCc1ncc(C=C2C(=O)NC(=O)N2c2ccccc2)n1Cc1ccc(C(=O)O)cc1. The number of benzene rings is 2. The van der Waals surface area contributed by atoms with Gasteiger partial charge in [-0.3, -0.25) is 15.0 Å². The quantitative estimate of drug-likeness (QED) is 0.403. The second-order valence-electron chi connectivity index (χ2n) is 7.75. The number of carbonyl (C=O) groups is 3. The summed E-state index contributed by atoms with van der Waals surface area (Å²) in [5.41, 5.74) is 2.62. The summed E-state index contributed by atoms with van der Waals surface area (Å²) in [5, 5.41) is 11.5. The second-order valence-corrected chi connectivity index (χ2v) is 7.75. The molecule has 1 saturated heterocycles. The van der Waals surface area contributed by atoms with Gasteiger partial charge in [0.05, 0.1) is 23.1 Å². The highest BCUT2D eigenvalue weighted by Gasteiger charge is 2.34. The van der Waals surface area contributed by atoms with Crippen molar-refractivity contribution in [3.05, 3.63) is 89.1 Å². The standard InChI is InChI=1S/C25H24N4O4/c1-2-3-9-22-26-15-20(28(22)16-17-10-12-18(13-11-17)24(31)32)14-21-23(30)27-25(33)29(21)19-7-5-4-6-8-19/h4-8,10-15H,2-3,9,16H2,1H3,(H,31,32)(H,27,30,33). The maximum Gasteiger partial charge on any atom is 0.335 e.